The molecule has 3 aromatic rings. The Bertz CT molecular complexity index is 1260. The maximum absolute atomic E-state index is 13.8. The van der Waals surface area contributed by atoms with E-state index in [-0.39, 0.29) is 24.3 Å². The van der Waals surface area contributed by atoms with Crippen molar-refractivity contribution in [3.8, 4) is 0 Å². The maximum Gasteiger partial charge on any atom is 0.235 e. The van der Waals surface area contributed by atoms with Gasteiger partial charge in [0.2, 0.25) is 17.7 Å². The summed E-state index contributed by atoms with van der Waals surface area (Å²) in [6, 6.07) is 18.8. The van der Waals surface area contributed by atoms with Gasteiger partial charge in [-0.15, -0.1) is 23.2 Å². The molecule has 1 N–H and O–H groups in total. The molecule has 8 heteroatoms. The lowest BCUT2D eigenvalue weighted by atomic mass is 9.54. The average Bonchev–Trinajstić information content (AvgIpc) is 3.52. The highest BCUT2D eigenvalue weighted by Gasteiger charge is 2.72. The lowest BCUT2D eigenvalue weighted by molar-refractivity contribution is -0.140. The van der Waals surface area contributed by atoms with Gasteiger partial charge in [0.05, 0.1) is 24.6 Å². The summed E-state index contributed by atoms with van der Waals surface area (Å²) in [5.41, 5.74) is 3.20. The lowest BCUT2D eigenvalue weighted by Gasteiger charge is -2.54. The Kier molecular flexibility index (Phi) is 5.92. The molecule has 3 aliphatic carbocycles. The first-order valence-electron chi connectivity index (χ1n) is 12.6. The molecule has 2 aromatic carbocycles. The molecule has 37 heavy (non-hydrogen) atoms. The van der Waals surface area contributed by atoms with Gasteiger partial charge in [-0.05, 0) is 47.2 Å². The molecule has 2 atom stereocenters. The van der Waals surface area contributed by atoms with Crippen LogP contribution >= 0.6 is 23.2 Å². The standard InChI is InChI=1S/C29H26Cl2N2O4/c30-28-19-10-3-4-11-20(19)29(31,22-13-6-5-12-21(22)28)25-24(28)26(35)33(27(25)36)15-7-1-2-14-23(34)32-17-18-9-8-16-37-18/h3-6,8-13,16,24-25H,1-2,7,14-15,17H2,(H,32,34)/t24-,25-,28?,29?/m1/s1. The quantitative estimate of drug-likeness (QED) is 0.248. The second-order valence-corrected chi connectivity index (χ2v) is 11.2. The second-order valence-electron chi connectivity index (χ2n) is 9.96. The van der Waals surface area contributed by atoms with E-state index in [2.05, 4.69) is 5.32 Å². The van der Waals surface area contributed by atoms with Crippen LogP contribution in [0.4, 0.5) is 0 Å². The first-order valence-corrected chi connectivity index (χ1v) is 13.4. The van der Waals surface area contributed by atoms with Crippen LogP contribution < -0.4 is 5.32 Å². The number of carbonyl (C=O) groups excluding carboxylic acids is 3. The van der Waals surface area contributed by atoms with Crippen molar-refractivity contribution in [1.82, 2.24) is 10.2 Å². The van der Waals surface area contributed by atoms with Crippen LogP contribution in [0.1, 0.15) is 53.7 Å². The van der Waals surface area contributed by atoms with Gasteiger partial charge in [0.1, 0.15) is 15.5 Å². The lowest BCUT2D eigenvalue weighted by Crippen LogP contribution is -2.57. The van der Waals surface area contributed by atoms with E-state index in [1.165, 1.54) is 4.90 Å². The molecule has 190 valence electrons. The molecule has 1 aromatic heterocycles. The van der Waals surface area contributed by atoms with Crippen LogP contribution in [0.5, 0.6) is 0 Å². The fourth-order valence-electron chi connectivity index (χ4n) is 6.36. The number of benzene rings is 2. The molecule has 0 radical (unpaired) electrons. The van der Waals surface area contributed by atoms with E-state index in [0.717, 1.165) is 22.3 Å². The number of unbranched alkanes of at least 4 members (excludes halogenated alkanes) is 2. The molecule has 0 unspecified atom stereocenters. The Morgan fingerprint density at radius 1 is 0.811 bits per heavy atom. The summed E-state index contributed by atoms with van der Waals surface area (Å²) >= 11 is 14.8. The predicted molar refractivity (Wildman–Crippen MR) is 139 cm³/mol. The SMILES string of the molecule is O=C(CCCCCN1C(=O)[C@H]2[C@H](C1=O)C1(Cl)c3ccccc3C2(Cl)c2ccccc21)NCc1ccco1. The normalized spacial score (nSPS) is 27.1. The fourth-order valence-corrected chi connectivity index (χ4v) is 7.46. The van der Waals surface area contributed by atoms with E-state index >= 15 is 0 Å². The average molecular weight is 537 g/mol. The maximum atomic E-state index is 13.8. The Hall–Kier alpha value is -3.09. The van der Waals surface area contributed by atoms with E-state index in [1.807, 2.05) is 48.5 Å². The Morgan fingerprint density at radius 2 is 1.35 bits per heavy atom. The summed E-state index contributed by atoms with van der Waals surface area (Å²) in [6.45, 7) is 0.641. The third-order valence-electron chi connectivity index (χ3n) is 8.00. The number of nitrogens with zero attached hydrogens (tertiary/aromatic N) is 1. The number of halogens is 2. The zero-order valence-electron chi connectivity index (χ0n) is 20.1. The number of nitrogens with one attached hydrogen (secondary N) is 1. The zero-order valence-corrected chi connectivity index (χ0v) is 21.6. The number of likely N-dealkylation sites (tertiary alicyclic amines) is 1. The number of amides is 3. The number of hydrogen-bond acceptors (Lipinski definition) is 4. The molecule has 4 aliphatic rings. The highest BCUT2D eigenvalue weighted by atomic mass is 35.5. The van der Waals surface area contributed by atoms with Crippen molar-refractivity contribution in [2.24, 2.45) is 11.8 Å². The van der Waals surface area contributed by atoms with Crippen LogP contribution in [0.2, 0.25) is 0 Å². The number of alkyl halides is 2. The minimum absolute atomic E-state index is 0.0592. The van der Waals surface area contributed by atoms with Crippen molar-refractivity contribution in [2.45, 2.75) is 42.0 Å². The van der Waals surface area contributed by atoms with Crippen LogP contribution in [0.3, 0.4) is 0 Å². The van der Waals surface area contributed by atoms with Crippen molar-refractivity contribution in [3.05, 3.63) is 94.9 Å². The smallest absolute Gasteiger partial charge is 0.235 e. The minimum atomic E-state index is -1.15. The highest BCUT2D eigenvalue weighted by molar-refractivity contribution is 6.36. The third-order valence-corrected chi connectivity index (χ3v) is 9.29. The molecular weight excluding hydrogens is 511 g/mol. The summed E-state index contributed by atoms with van der Waals surface area (Å²) in [7, 11) is 0. The molecule has 7 rings (SSSR count). The van der Waals surface area contributed by atoms with Gasteiger partial charge in [0.25, 0.3) is 0 Å². The molecule has 0 spiro atoms. The summed E-state index contributed by atoms with van der Waals surface area (Å²) in [6.07, 6.45) is 3.91. The van der Waals surface area contributed by atoms with Gasteiger partial charge in [-0.2, -0.15) is 0 Å². The van der Waals surface area contributed by atoms with Crippen molar-refractivity contribution in [2.75, 3.05) is 6.54 Å². The molecule has 2 bridgehead atoms. The summed E-state index contributed by atoms with van der Waals surface area (Å²) in [5.74, 6) is -1.43. The summed E-state index contributed by atoms with van der Waals surface area (Å²) in [4.78, 5) is 38.7. The number of hydrogen-bond donors (Lipinski definition) is 1. The number of carbonyl (C=O) groups is 3. The summed E-state index contributed by atoms with van der Waals surface area (Å²) in [5, 5.41) is 2.83. The first kappa shape index (κ1) is 24.3. The molecule has 1 saturated heterocycles. The van der Waals surface area contributed by atoms with Gasteiger partial charge in [0, 0.05) is 13.0 Å². The van der Waals surface area contributed by atoms with E-state index in [1.54, 1.807) is 18.4 Å². The molecule has 3 amide bonds. The van der Waals surface area contributed by atoms with Gasteiger partial charge >= 0.3 is 0 Å². The zero-order chi connectivity index (χ0) is 25.8. The van der Waals surface area contributed by atoms with Gasteiger partial charge < -0.3 is 9.73 Å². The largest absolute Gasteiger partial charge is 0.467 e. The van der Waals surface area contributed by atoms with E-state index < -0.39 is 21.6 Å². The fraction of sp³-hybridized carbons (Fsp3) is 0.345. The molecule has 6 nitrogen and oxygen atoms in total. The highest BCUT2D eigenvalue weighted by Crippen LogP contribution is 2.69. The topological polar surface area (TPSA) is 79.6 Å². The van der Waals surface area contributed by atoms with Gasteiger partial charge in [-0.25, -0.2) is 0 Å². The Morgan fingerprint density at radius 3 is 1.84 bits per heavy atom. The van der Waals surface area contributed by atoms with Crippen molar-refractivity contribution in [1.29, 1.82) is 0 Å². The second kappa shape index (κ2) is 9.03. The van der Waals surface area contributed by atoms with Gasteiger partial charge in [0.15, 0.2) is 0 Å². The van der Waals surface area contributed by atoms with Crippen molar-refractivity contribution < 1.29 is 18.8 Å². The molecule has 2 heterocycles. The number of furan rings is 1. The van der Waals surface area contributed by atoms with Crippen LogP contribution in [-0.2, 0) is 30.7 Å². The van der Waals surface area contributed by atoms with Gasteiger partial charge in [-0.3, -0.25) is 19.3 Å². The van der Waals surface area contributed by atoms with Crippen molar-refractivity contribution >= 4 is 40.9 Å². The Labute approximate surface area is 224 Å². The minimum Gasteiger partial charge on any atom is -0.467 e. The van der Waals surface area contributed by atoms with Crippen molar-refractivity contribution in [3.63, 3.8) is 0 Å². The van der Waals surface area contributed by atoms with Crippen LogP contribution in [0.15, 0.2) is 71.3 Å². The number of rotatable bonds is 8. The number of imide groups is 1. The van der Waals surface area contributed by atoms with Gasteiger partial charge in [-0.1, -0.05) is 55.0 Å². The van der Waals surface area contributed by atoms with E-state index in [4.69, 9.17) is 27.6 Å². The van der Waals surface area contributed by atoms with Crippen LogP contribution in [0, 0.1) is 11.8 Å². The monoisotopic (exact) mass is 536 g/mol. The molecule has 1 aliphatic heterocycles. The summed E-state index contributed by atoms with van der Waals surface area (Å²) < 4.78 is 5.22. The Balaban J connectivity index is 1.16. The molecule has 0 saturated carbocycles. The molecular formula is C29H26Cl2N2O4. The molecule has 1 fully saturated rings. The van der Waals surface area contributed by atoms with Crippen LogP contribution in [-0.4, -0.2) is 29.2 Å². The van der Waals surface area contributed by atoms with Crippen LogP contribution in [0.25, 0.3) is 0 Å². The van der Waals surface area contributed by atoms with E-state index in [9.17, 15) is 14.4 Å². The first-order chi connectivity index (χ1) is 17.9. The van der Waals surface area contributed by atoms with E-state index in [0.29, 0.717) is 38.0 Å². The third kappa shape index (κ3) is 3.49. The predicted octanol–water partition coefficient (Wildman–Crippen LogP) is 5.05.